The molecule has 0 radical (unpaired) electrons. The van der Waals surface area contributed by atoms with Crippen LogP contribution in [-0.4, -0.2) is 37.2 Å². The van der Waals surface area contributed by atoms with Gasteiger partial charge in [-0.2, -0.15) is 0 Å². The first-order valence-corrected chi connectivity index (χ1v) is 14.9. The highest BCUT2D eigenvalue weighted by Crippen LogP contribution is 2.31. The molecule has 3 amide bonds. The first-order chi connectivity index (χ1) is 21.2. The average Bonchev–Trinajstić information content (AvgIpc) is 3.02. The number of thioether (sulfide) groups is 1. The second kappa shape index (κ2) is 15.3. The van der Waals surface area contributed by atoms with E-state index in [0.717, 1.165) is 4.90 Å². The molecule has 1 unspecified atom stereocenters. The van der Waals surface area contributed by atoms with Crippen LogP contribution in [0.5, 0.6) is 11.5 Å². The summed E-state index contributed by atoms with van der Waals surface area (Å²) in [5, 5.41) is 8.65. The summed E-state index contributed by atoms with van der Waals surface area (Å²) in [6.45, 7) is 1.77. The molecule has 226 valence electrons. The van der Waals surface area contributed by atoms with Crippen molar-refractivity contribution in [3.8, 4) is 11.5 Å². The molecule has 0 fully saturated rings. The lowest BCUT2D eigenvalue weighted by molar-refractivity contribution is -0.115. The standard InChI is InChI=1S/C33H29Cl2N3O5S/c1-20(31(39)37-28-19-25(42-2)14-15-30(28)43-3)44-26-11-7-10-24(18-26)36-33(41)29(16-22-12-13-23(34)17-27(22)35)38-32(40)21-8-5-4-6-9-21/h4-20H,1-3H3,(H,36,41)(H,37,39)(H,38,40)/b29-16+. The van der Waals surface area contributed by atoms with Crippen molar-refractivity contribution in [2.24, 2.45) is 0 Å². The van der Waals surface area contributed by atoms with Crippen LogP contribution in [0.3, 0.4) is 0 Å². The molecule has 11 heteroatoms. The number of anilines is 2. The Labute approximate surface area is 269 Å². The molecule has 0 heterocycles. The predicted molar refractivity (Wildman–Crippen MR) is 177 cm³/mol. The quantitative estimate of drug-likeness (QED) is 0.114. The van der Waals surface area contributed by atoms with Crippen molar-refractivity contribution in [2.75, 3.05) is 24.9 Å². The number of carbonyl (C=O) groups excluding carboxylic acids is 3. The summed E-state index contributed by atoms with van der Waals surface area (Å²) in [5.41, 5.74) is 1.80. The van der Waals surface area contributed by atoms with Gasteiger partial charge < -0.3 is 25.4 Å². The van der Waals surface area contributed by atoms with Crippen LogP contribution in [0.25, 0.3) is 6.08 Å². The summed E-state index contributed by atoms with van der Waals surface area (Å²) >= 11 is 13.7. The topological polar surface area (TPSA) is 106 Å². The molecule has 0 bridgehead atoms. The maximum absolute atomic E-state index is 13.5. The minimum atomic E-state index is -0.571. The Morgan fingerprint density at radius 3 is 2.32 bits per heavy atom. The van der Waals surface area contributed by atoms with Crippen molar-refractivity contribution in [3.63, 3.8) is 0 Å². The van der Waals surface area contributed by atoms with Gasteiger partial charge in [0.1, 0.15) is 17.2 Å². The van der Waals surface area contributed by atoms with Gasteiger partial charge in [0.2, 0.25) is 5.91 Å². The fraction of sp³-hybridized carbons (Fsp3) is 0.121. The first kappa shape index (κ1) is 32.5. The van der Waals surface area contributed by atoms with Crippen LogP contribution >= 0.6 is 35.0 Å². The second-order valence-electron chi connectivity index (χ2n) is 9.34. The van der Waals surface area contributed by atoms with Gasteiger partial charge in [0.05, 0.1) is 25.2 Å². The summed E-state index contributed by atoms with van der Waals surface area (Å²) in [6, 6.07) is 25.5. The first-order valence-electron chi connectivity index (χ1n) is 13.3. The molecule has 0 aliphatic carbocycles. The number of methoxy groups -OCH3 is 2. The molecule has 1 atom stereocenters. The van der Waals surface area contributed by atoms with Crippen LogP contribution < -0.4 is 25.4 Å². The number of benzene rings is 4. The van der Waals surface area contributed by atoms with Crippen molar-refractivity contribution >= 4 is 70.1 Å². The molecule has 0 saturated carbocycles. The summed E-state index contributed by atoms with van der Waals surface area (Å²) in [7, 11) is 3.06. The molecule has 0 aliphatic rings. The van der Waals surface area contributed by atoms with Gasteiger partial charge in [-0.1, -0.05) is 53.5 Å². The lowest BCUT2D eigenvalue weighted by Gasteiger charge is -2.16. The Balaban J connectivity index is 1.50. The van der Waals surface area contributed by atoms with E-state index in [4.69, 9.17) is 32.7 Å². The number of amides is 3. The van der Waals surface area contributed by atoms with Gasteiger partial charge in [0.25, 0.3) is 11.8 Å². The van der Waals surface area contributed by atoms with Gasteiger partial charge in [-0.25, -0.2) is 0 Å². The van der Waals surface area contributed by atoms with Gasteiger partial charge in [-0.3, -0.25) is 14.4 Å². The highest BCUT2D eigenvalue weighted by Gasteiger charge is 2.19. The van der Waals surface area contributed by atoms with Crippen molar-refractivity contribution in [1.82, 2.24) is 5.32 Å². The summed E-state index contributed by atoms with van der Waals surface area (Å²) in [6.07, 6.45) is 1.48. The summed E-state index contributed by atoms with van der Waals surface area (Å²) in [5.74, 6) is -0.197. The number of rotatable bonds is 11. The molecule has 3 N–H and O–H groups in total. The molecule has 0 spiro atoms. The van der Waals surface area contributed by atoms with Gasteiger partial charge in [0.15, 0.2) is 0 Å². The van der Waals surface area contributed by atoms with E-state index in [1.165, 1.54) is 24.9 Å². The van der Waals surface area contributed by atoms with E-state index in [1.807, 2.05) is 6.07 Å². The second-order valence-corrected chi connectivity index (χ2v) is 11.6. The highest BCUT2D eigenvalue weighted by molar-refractivity contribution is 8.00. The Bertz CT molecular complexity index is 1700. The number of ether oxygens (including phenoxy) is 2. The Morgan fingerprint density at radius 1 is 0.841 bits per heavy atom. The van der Waals surface area contributed by atoms with Crippen molar-refractivity contribution in [1.29, 1.82) is 0 Å². The fourth-order valence-corrected chi connectivity index (χ4v) is 5.36. The zero-order valence-electron chi connectivity index (χ0n) is 24.0. The largest absolute Gasteiger partial charge is 0.497 e. The predicted octanol–water partition coefficient (Wildman–Crippen LogP) is 7.54. The zero-order valence-corrected chi connectivity index (χ0v) is 26.3. The molecule has 4 rings (SSSR count). The van der Waals surface area contributed by atoms with E-state index in [-0.39, 0.29) is 11.6 Å². The van der Waals surface area contributed by atoms with Crippen molar-refractivity contribution in [3.05, 3.63) is 118 Å². The van der Waals surface area contributed by atoms with Crippen molar-refractivity contribution < 1.29 is 23.9 Å². The molecule has 0 aliphatic heterocycles. The monoisotopic (exact) mass is 649 g/mol. The van der Waals surface area contributed by atoms with E-state index < -0.39 is 17.1 Å². The lowest BCUT2D eigenvalue weighted by atomic mass is 10.1. The maximum Gasteiger partial charge on any atom is 0.272 e. The van der Waals surface area contributed by atoms with E-state index in [9.17, 15) is 14.4 Å². The molecule has 4 aromatic rings. The third-order valence-corrected chi connectivity index (χ3v) is 7.89. The van der Waals surface area contributed by atoms with E-state index >= 15 is 0 Å². The minimum Gasteiger partial charge on any atom is -0.497 e. The summed E-state index contributed by atoms with van der Waals surface area (Å²) < 4.78 is 10.6. The molecule has 0 aromatic heterocycles. The van der Waals surface area contributed by atoms with Crippen LogP contribution in [0.15, 0.2) is 102 Å². The van der Waals surface area contributed by atoms with Gasteiger partial charge in [-0.05, 0) is 73.2 Å². The van der Waals surface area contributed by atoms with Gasteiger partial charge in [0, 0.05) is 32.3 Å². The van der Waals surface area contributed by atoms with Crippen LogP contribution in [-0.2, 0) is 9.59 Å². The molecule has 0 saturated heterocycles. The number of nitrogens with one attached hydrogen (secondary N) is 3. The molecular formula is C33H29Cl2N3O5S. The number of carbonyl (C=O) groups is 3. The number of hydrogen-bond donors (Lipinski definition) is 3. The van der Waals surface area contributed by atoms with Crippen LogP contribution in [0.2, 0.25) is 10.0 Å². The highest BCUT2D eigenvalue weighted by atomic mass is 35.5. The summed E-state index contributed by atoms with van der Waals surface area (Å²) in [4.78, 5) is 40.2. The molecule has 4 aromatic carbocycles. The maximum atomic E-state index is 13.5. The fourth-order valence-electron chi connectivity index (χ4n) is 3.97. The van der Waals surface area contributed by atoms with E-state index in [0.29, 0.717) is 44.0 Å². The normalized spacial score (nSPS) is 11.7. The number of hydrogen-bond acceptors (Lipinski definition) is 6. The molecule has 8 nitrogen and oxygen atoms in total. The van der Waals surface area contributed by atoms with Crippen LogP contribution in [0.1, 0.15) is 22.8 Å². The zero-order chi connectivity index (χ0) is 31.6. The number of halogens is 2. The van der Waals surface area contributed by atoms with Gasteiger partial charge in [-0.15, -0.1) is 11.8 Å². The third-order valence-electron chi connectivity index (χ3n) is 6.23. The van der Waals surface area contributed by atoms with Crippen molar-refractivity contribution in [2.45, 2.75) is 17.1 Å². The lowest BCUT2D eigenvalue weighted by Crippen LogP contribution is -2.30. The van der Waals surface area contributed by atoms with Gasteiger partial charge >= 0.3 is 0 Å². The molecule has 44 heavy (non-hydrogen) atoms. The average molecular weight is 651 g/mol. The Kier molecular flexibility index (Phi) is 11.3. The SMILES string of the molecule is COc1ccc(OC)c(NC(=O)C(C)Sc2cccc(NC(=O)/C(=C\c3ccc(Cl)cc3Cl)NC(=O)c3ccccc3)c2)c1. The smallest absolute Gasteiger partial charge is 0.272 e. The third kappa shape index (κ3) is 8.79. The van der Waals surface area contributed by atoms with E-state index in [2.05, 4.69) is 16.0 Å². The molecular weight excluding hydrogens is 621 g/mol. The Morgan fingerprint density at radius 2 is 1.61 bits per heavy atom. The Hall–Kier alpha value is -4.44. The van der Waals surface area contributed by atoms with Crippen LogP contribution in [0, 0.1) is 0 Å². The van der Waals surface area contributed by atoms with E-state index in [1.54, 1.807) is 99.0 Å². The van der Waals surface area contributed by atoms with Crippen LogP contribution in [0.4, 0.5) is 11.4 Å². The minimum absolute atomic E-state index is 0.0267.